The van der Waals surface area contributed by atoms with Crippen LogP contribution in [-0.4, -0.2) is 79.6 Å². The molecule has 0 amide bonds. The van der Waals surface area contributed by atoms with Crippen LogP contribution in [0.15, 0.2) is 38.0 Å². The zero-order valence-electron chi connectivity index (χ0n) is 18.9. The first-order valence-electron chi connectivity index (χ1n) is 8.78. The number of aliphatic hydroxyl groups excluding tert-OH is 3. The van der Waals surface area contributed by atoms with Crippen LogP contribution in [0.3, 0.4) is 0 Å². The van der Waals surface area contributed by atoms with Gasteiger partial charge in [-0.15, -0.1) is 0 Å². The number of aliphatic hydroxyl groups is 3. The number of carboxylic acid groups (broad SMARTS) is 3. The molecular formula is C20H36O12. The van der Waals surface area contributed by atoms with Crippen LogP contribution in [0.4, 0.5) is 0 Å². The van der Waals surface area contributed by atoms with Gasteiger partial charge in [-0.2, -0.15) is 5.26 Å². The number of carbonyl (C=O) groups is 4. The standard InChI is InChI=1S/C6H14O3.C5H10O3.3C3H4O2/c1-2-6(3-7,4-8)5-9;1-5(2,3)4(6)8-7;3*1-2-3(4)5/h7-9H,2-5H2,1H3;7H,1-3H3;3*2H,1H2,(H,4,5). The number of rotatable bonds is 7. The van der Waals surface area contributed by atoms with Crippen LogP contribution in [0, 0.1) is 10.8 Å². The van der Waals surface area contributed by atoms with E-state index in [-0.39, 0.29) is 19.8 Å². The lowest BCUT2D eigenvalue weighted by Crippen LogP contribution is -2.32. The summed E-state index contributed by atoms with van der Waals surface area (Å²) in [4.78, 5) is 41.6. The summed E-state index contributed by atoms with van der Waals surface area (Å²) in [6.45, 7) is 15.2. The molecular weight excluding hydrogens is 432 g/mol. The highest BCUT2D eigenvalue weighted by molar-refractivity contribution is 5.79. The molecule has 0 aliphatic heterocycles. The summed E-state index contributed by atoms with van der Waals surface area (Å²) in [5.41, 5.74) is -1.27. The average molecular weight is 468 g/mol. The van der Waals surface area contributed by atoms with Gasteiger partial charge in [0.1, 0.15) is 0 Å². The van der Waals surface area contributed by atoms with Gasteiger partial charge in [-0.05, 0) is 27.2 Å². The van der Waals surface area contributed by atoms with E-state index in [4.69, 9.17) is 35.9 Å². The lowest BCUT2D eigenvalue weighted by molar-refractivity contribution is -0.243. The number of aliphatic carboxylic acids is 3. The third kappa shape index (κ3) is 34.4. The van der Waals surface area contributed by atoms with Crippen molar-refractivity contribution < 1.29 is 60.0 Å². The second-order valence-electron chi connectivity index (χ2n) is 6.58. The lowest BCUT2D eigenvalue weighted by atomic mass is 9.88. The van der Waals surface area contributed by atoms with Crippen molar-refractivity contribution in [2.75, 3.05) is 19.8 Å². The topological polar surface area (TPSA) is 219 Å². The molecule has 188 valence electrons. The molecule has 0 aromatic carbocycles. The van der Waals surface area contributed by atoms with Crippen LogP contribution in [0.5, 0.6) is 0 Å². The van der Waals surface area contributed by atoms with E-state index in [9.17, 15) is 19.2 Å². The summed E-state index contributed by atoms with van der Waals surface area (Å²) >= 11 is 0. The fourth-order valence-electron chi connectivity index (χ4n) is 0.622. The second kappa shape index (κ2) is 24.2. The number of hydrogen-bond acceptors (Lipinski definition) is 9. The Morgan fingerprint density at radius 2 is 0.969 bits per heavy atom. The third-order valence-electron chi connectivity index (χ3n) is 2.98. The van der Waals surface area contributed by atoms with Crippen molar-refractivity contribution in [3.05, 3.63) is 38.0 Å². The van der Waals surface area contributed by atoms with Crippen LogP contribution in [-0.2, 0) is 24.1 Å². The van der Waals surface area contributed by atoms with E-state index in [0.717, 1.165) is 18.2 Å². The fraction of sp³-hybridized carbons (Fsp3) is 0.500. The summed E-state index contributed by atoms with van der Waals surface area (Å²) in [5, 5.41) is 56.6. The summed E-state index contributed by atoms with van der Waals surface area (Å²) in [7, 11) is 0. The molecule has 12 nitrogen and oxygen atoms in total. The Morgan fingerprint density at radius 1 is 0.750 bits per heavy atom. The summed E-state index contributed by atoms with van der Waals surface area (Å²) in [6, 6.07) is 0. The Labute approximate surface area is 187 Å². The van der Waals surface area contributed by atoms with Gasteiger partial charge in [0.05, 0.1) is 25.2 Å². The molecule has 0 aliphatic rings. The van der Waals surface area contributed by atoms with Crippen molar-refractivity contribution in [1.29, 1.82) is 0 Å². The van der Waals surface area contributed by atoms with E-state index in [1.165, 1.54) is 0 Å². The quantitative estimate of drug-likeness (QED) is 0.159. The maximum Gasteiger partial charge on any atom is 0.347 e. The van der Waals surface area contributed by atoms with Gasteiger partial charge < -0.3 is 35.5 Å². The molecule has 7 N–H and O–H groups in total. The van der Waals surface area contributed by atoms with Gasteiger partial charge >= 0.3 is 23.9 Å². The van der Waals surface area contributed by atoms with Gasteiger partial charge in [-0.25, -0.2) is 19.2 Å². The molecule has 0 bridgehead atoms. The minimum atomic E-state index is -0.981. The zero-order valence-corrected chi connectivity index (χ0v) is 18.9. The smallest absolute Gasteiger partial charge is 0.347 e. The molecule has 32 heavy (non-hydrogen) atoms. The summed E-state index contributed by atoms with van der Waals surface area (Å²) in [6.07, 6.45) is 3.09. The highest BCUT2D eigenvalue weighted by atomic mass is 17.1. The lowest BCUT2D eigenvalue weighted by Gasteiger charge is -2.24. The van der Waals surface area contributed by atoms with Gasteiger partial charge in [0.25, 0.3) is 0 Å². The highest BCUT2D eigenvalue weighted by Gasteiger charge is 2.25. The van der Waals surface area contributed by atoms with Crippen molar-refractivity contribution >= 4 is 23.9 Å². The molecule has 0 spiro atoms. The zero-order chi connectivity index (χ0) is 27.0. The molecule has 12 heteroatoms. The first kappa shape index (κ1) is 39.4. The molecule has 0 rings (SSSR count). The first-order valence-corrected chi connectivity index (χ1v) is 8.78. The molecule has 0 saturated heterocycles. The molecule has 0 radical (unpaired) electrons. The molecule has 0 atom stereocenters. The molecule has 0 heterocycles. The van der Waals surface area contributed by atoms with Crippen molar-refractivity contribution in [3.8, 4) is 0 Å². The molecule has 0 fully saturated rings. The monoisotopic (exact) mass is 468 g/mol. The Hall–Kier alpha value is -3.06. The van der Waals surface area contributed by atoms with E-state index in [1.807, 2.05) is 6.92 Å². The number of hydrogen-bond donors (Lipinski definition) is 7. The van der Waals surface area contributed by atoms with Crippen LogP contribution >= 0.6 is 0 Å². The Morgan fingerprint density at radius 3 is 0.969 bits per heavy atom. The van der Waals surface area contributed by atoms with Gasteiger partial charge in [-0.3, -0.25) is 0 Å². The minimum Gasteiger partial charge on any atom is -0.478 e. The Balaban J connectivity index is -0.0000000976. The SMILES string of the molecule is C=CC(=O)O.C=CC(=O)O.C=CC(=O)O.CC(C)(C)C(=O)OO.CCC(CO)(CO)CO. The van der Waals surface area contributed by atoms with Crippen LogP contribution < -0.4 is 0 Å². The molecule has 0 unspecified atom stereocenters. The predicted octanol–water partition coefficient (Wildman–Crippen LogP) is 1.18. The average Bonchev–Trinajstić information content (AvgIpc) is 2.76. The molecule has 0 saturated carbocycles. The largest absolute Gasteiger partial charge is 0.478 e. The van der Waals surface area contributed by atoms with E-state index in [2.05, 4.69) is 24.6 Å². The van der Waals surface area contributed by atoms with Crippen molar-refractivity contribution in [1.82, 2.24) is 0 Å². The fourth-order valence-corrected chi connectivity index (χ4v) is 0.622. The van der Waals surface area contributed by atoms with E-state index in [1.54, 1.807) is 20.8 Å². The van der Waals surface area contributed by atoms with Gasteiger partial charge in [0.15, 0.2) is 0 Å². The second-order valence-corrected chi connectivity index (χ2v) is 6.58. The van der Waals surface area contributed by atoms with Crippen LogP contribution in [0.25, 0.3) is 0 Å². The van der Waals surface area contributed by atoms with Crippen molar-refractivity contribution in [3.63, 3.8) is 0 Å². The number of carbonyl (C=O) groups excluding carboxylic acids is 1. The van der Waals surface area contributed by atoms with E-state index >= 15 is 0 Å². The third-order valence-corrected chi connectivity index (χ3v) is 2.98. The Kier molecular flexibility index (Phi) is 29.8. The minimum absolute atomic E-state index is 0.156. The first-order chi connectivity index (χ1) is 14.5. The van der Waals surface area contributed by atoms with E-state index in [0.29, 0.717) is 6.42 Å². The Bertz CT molecular complexity index is 497. The predicted molar refractivity (Wildman–Crippen MR) is 116 cm³/mol. The molecule has 0 aromatic rings. The van der Waals surface area contributed by atoms with Crippen molar-refractivity contribution in [2.24, 2.45) is 10.8 Å². The maximum absolute atomic E-state index is 10.4. The normalized spacial score (nSPS) is 9.12. The van der Waals surface area contributed by atoms with Gasteiger partial charge in [-0.1, -0.05) is 26.7 Å². The van der Waals surface area contributed by atoms with Gasteiger partial charge in [0.2, 0.25) is 0 Å². The van der Waals surface area contributed by atoms with Gasteiger partial charge in [0, 0.05) is 23.6 Å². The highest BCUT2D eigenvalue weighted by Crippen LogP contribution is 2.18. The summed E-state index contributed by atoms with van der Waals surface area (Å²) in [5.74, 6) is -3.56. The molecule has 0 aromatic heterocycles. The molecule has 0 aliphatic carbocycles. The van der Waals surface area contributed by atoms with Crippen LogP contribution in [0.2, 0.25) is 0 Å². The van der Waals surface area contributed by atoms with Crippen LogP contribution in [0.1, 0.15) is 34.1 Å². The maximum atomic E-state index is 10.4. The number of carboxylic acids is 3. The van der Waals surface area contributed by atoms with Crippen molar-refractivity contribution in [2.45, 2.75) is 34.1 Å². The summed E-state index contributed by atoms with van der Waals surface area (Å²) < 4.78 is 0. The van der Waals surface area contributed by atoms with E-state index < -0.39 is 34.7 Å².